The van der Waals surface area contributed by atoms with Gasteiger partial charge >= 0.3 is 5.97 Å². The number of benzene rings is 2. The first-order valence-electron chi connectivity index (χ1n) is 19.3. The van der Waals surface area contributed by atoms with Crippen molar-refractivity contribution in [2.24, 2.45) is 23.7 Å². The van der Waals surface area contributed by atoms with Crippen LogP contribution in [0.15, 0.2) is 42.5 Å². The molecule has 3 atom stereocenters. The van der Waals surface area contributed by atoms with Gasteiger partial charge in [0.05, 0.1) is 18.7 Å². The summed E-state index contributed by atoms with van der Waals surface area (Å²) in [5.41, 5.74) is 3.88. The molecule has 7 rings (SSSR count). The molecule has 4 saturated heterocycles. The van der Waals surface area contributed by atoms with Crippen molar-refractivity contribution in [3.63, 3.8) is 0 Å². The lowest BCUT2D eigenvalue weighted by molar-refractivity contribution is -0.142. The standard InChI is InChI=1S/C41H55F2N5O2/c1-50-40(49)22-31-5-2-8-39(31)41(29-47-15-4-16-47,35-6-3-7-37(43)23-35)34-11-17-45(18-12-34)25-30-26-48(27-30)38-10-9-32(24-44)33(21-38)28-46-19-13-36(42)14-20-46/h3,6-7,9-10,21,23,30-31,34,36,39H,2,4-5,8,11-20,22,25-29H2,1H3/t31-,39+,41+/m1/s1. The number of methoxy groups -OCH3 is 1. The molecule has 9 heteroatoms. The van der Waals surface area contributed by atoms with Crippen LogP contribution in [-0.4, -0.2) is 99.4 Å². The van der Waals surface area contributed by atoms with Crippen molar-refractivity contribution in [2.45, 2.75) is 75.9 Å². The first kappa shape index (κ1) is 35.3. The van der Waals surface area contributed by atoms with Crippen LogP contribution in [-0.2, 0) is 21.5 Å². The van der Waals surface area contributed by atoms with Crippen LogP contribution in [0.2, 0.25) is 0 Å². The summed E-state index contributed by atoms with van der Waals surface area (Å²) >= 11 is 0. The molecule has 2 aromatic rings. The smallest absolute Gasteiger partial charge is 0.305 e. The number of nitriles is 1. The number of alkyl halides is 1. The Bertz CT molecular complexity index is 1510. The molecule has 0 N–H and O–H groups in total. The lowest BCUT2D eigenvalue weighted by Crippen LogP contribution is -2.58. The Hall–Kier alpha value is -3.06. The van der Waals surface area contributed by atoms with Crippen molar-refractivity contribution >= 4 is 11.7 Å². The second kappa shape index (κ2) is 15.7. The number of hydrogen-bond acceptors (Lipinski definition) is 7. The fourth-order valence-corrected chi connectivity index (χ4v) is 10.2. The average molecular weight is 688 g/mol. The summed E-state index contributed by atoms with van der Waals surface area (Å²) in [7, 11) is 1.49. The molecule has 50 heavy (non-hydrogen) atoms. The fourth-order valence-electron chi connectivity index (χ4n) is 10.2. The molecular weight excluding hydrogens is 632 g/mol. The Morgan fingerprint density at radius 1 is 0.920 bits per heavy atom. The molecule has 5 fully saturated rings. The number of esters is 1. The van der Waals surface area contributed by atoms with Crippen LogP contribution in [0.4, 0.5) is 14.5 Å². The maximum absolute atomic E-state index is 15.0. The molecule has 0 bridgehead atoms. The SMILES string of the molecule is COC(=O)C[C@H]1CCC[C@@H]1[C@](CN1CCC1)(c1cccc(F)c1)C1CCN(CC2CN(c3ccc(C#N)c(CN4CCC(F)CC4)c3)C2)CC1. The monoisotopic (exact) mass is 687 g/mol. The normalized spacial score (nSPS) is 25.8. The number of anilines is 1. The topological polar surface area (TPSA) is 63.1 Å². The van der Waals surface area contributed by atoms with Gasteiger partial charge in [-0.05, 0) is 130 Å². The van der Waals surface area contributed by atoms with E-state index in [1.54, 1.807) is 6.07 Å². The summed E-state index contributed by atoms with van der Waals surface area (Å²) < 4.78 is 33.9. The van der Waals surface area contributed by atoms with E-state index in [9.17, 15) is 14.4 Å². The molecule has 7 nitrogen and oxygen atoms in total. The minimum Gasteiger partial charge on any atom is -0.469 e. The Morgan fingerprint density at radius 3 is 2.36 bits per heavy atom. The Balaban J connectivity index is 1.01. The van der Waals surface area contributed by atoms with Gasteiger partial charge in [-0.1, -0.05) is 18.6 Å². The third-order valence-corrected chi connectivity index (χ3v) is 13.0. The third-order valence-electron chi connectivity index (χ3n) is 13.0. The van der Waals surface area contributed by atoms with Crippen LogP contribution in [0.5, 0.6) is 0 Å². The van der Waals surface area contributed by atoms with E-state index in [1.165, 1.54) is 19.2 Å². The number of carbonyl (C=O) groups excluding carboxylic acids is 1. The first-order valence-corrected chi connectivity index (χ1v) is 19.3. The minimum atomic E-state index is -0.698. The third kappa shape index (κ3) is 7.59. The minimum absolute atomic E-state index is 0.126. The molecule has 2 aromatic carbocycles. The van der Waals surface area contributed by atoms with Crippen molar-refractivity contribution in [3.8, 4) is 6.07 Å². The van der Waals surface area contributed by atoms with Crippen molar-refractivity contribution < 1.29 is 18.3 Å². The number of ether oxygens (including phenoxy) is 1. The highest BCUT2D eigenvalue weighted by molar-refractivity contribution is 5.69. The molecule has 270 valence electrons. The molecule has 1 aliphatic carbocycles. The molecule has 0 unspecified atom stereocenters. The lowest BCUT2D eigenvalue weighted by atomic mass is 9.56. The maximum atomic E-state index is 15.0. The summed E-state index contributed by atoms with van der Waals surface area (Å²) in [5.74, 6) is 1.32. The van der Waals surface area contributed by atoms with Gasteiger partial charge in [0.15, 0.2) is 0 Å². The highest BCUT2D eigenvalue weighted by Crippen LogP contribution is 2.54. The van der Waals surface area contributed by atoms with Crippen LogP contribution in [0, 0.1) is 40.8 Å². The van der Waals surface area contributed by atoms with Crippen LogP contribution in [0.1, 0.15) is 74.5 Å². The van der Waals surface area contributed by atoms with Crippen LogP contribution in [0.25, 0.3) is 0 Å². The quantitative estimate of drug-likeness (QED) is 0.240. The molecule has 0 aromatic heterocycles. The molecule has 4 heterocycles. The number of carbonyl (C=O) groups is 1. The second-order valence-corrected chi connectivity index (χ2v) is 16.0. The van der Waals surface area contributed by atoms with Crippen molar-refractivity contribution in [3.05, 3.63) is 65.0 Å². The fraction of sp³-hybridized carbons (Fsp3) is 0.659. The summed E-state index contributed by atoms with van der Waals surface area (Å²) in [6, 6.07) is 16.0. The van der Waals surface area contributed by atoms with E-state index in [1.807, 2.05) is 18.2 Å². The Morgan fingerprint density at radius 2 is 1.68 bits per heavy atom. The number of rotatable bonds is 12. The summed E-state index contributed by atoms with van der Waals surface area (Å²) in [4.78, 5) is 22.5. The van der Waals surface area contributed by atoms with Gasteiger partial charge in [-0.2, -0.15) is 5.26 Å². The Labute approximate surface area is 297 Å². The molecule has 0 radical (unpaired) electrons. The highest BCUT2D eigenvalue weighted by Gasteiger charge is 2.53. The molecule has 0 amide bonds. The molecular formula is C41H55F2N5O2. The maximum Gasteiger partial charge on any atom is 0.305 e. The van der Waals surface area contributed by atoms with Gasteiger partial charge in [0.2, 0.25) is 0 Å². The summed E-state index contributed by atoms with van der Waals surface area (Å²) in [5, 5.41) is 9.75. The largest absolute Gasteiger partial charge is 0.469 e. The van der Waals surface area contributed by atoms with Gasteiger partial charge in [-0.3, -0.25) is 9.69 Å². The van der Waals surface area contributed by atoms with E-state index in [2.05, 4.69) is 43.9 Å². The predicted molar refractivity (Wildman–Crippen MR) is 192 cm³/mol. The van der Waals surface area contributed by atoms with Crippen LogP contribution in [0.3, 0.4) is 0 Å². The number of nitrogens with zero attached hydrogens (tertiary/aromatic N) is 5. The van der Waals surface area contributed by atoms with Crippen LogP contribution >= 0.6 is 0 Å². The van der Waals surface area contributed by atoms with Gasteiger partial charge in [-0.25, -0.2) is 8.78 Å². The van der Waals surface area contributed by atoms with Gasteiger partial charge in [0, 0.05) is 69.3 Å². The summed E-state index contributed by atoms with van der Waals surface area (Å²) in [6.45, 7) is 10.5. The van der Waals surface area contributed by atoms with Gasteiger partial charge < -0.3 is 19.4 Å². The zero-order chi connectivity index (χ0) is 34.7. The summed E-state index contributed by atoms with van der Waals surface area (Å²) in [6.07, 6.45) is 7.52. The number of halogens is 2. The van der Waals surface area contributed by atoms with Crippen LogP contribution < -0.4 is 4.90 Å². The van der Waals surface area contributed by atoms with E-state index in [0.717, 1.165) is 109 Å². The average Bonchev–Trinajstić information content (AvgIpc) is 3.55. The van der Waals surface area contributed by atoms with E-state index in [4.69, 9.17) is 4.74 Å². The van der Waals surface area contributed by atoms with Crippen molar-refractivity contribution in [2.75, 3.05) is 77.5 Å². The van der Waals surface area contributed by atoms with E-state index < -0.39 is 6.17 Å². The number of likely N-dealkylation sites (tertiary alicyclic amines) is 3. The molecule has 0 spiro atoms. The molecule has 1 saturated carbocycles. The van der Waals surface area contributed by atoms with E-state index in [-0.39, 0.29) is 23.1 Å². The van der Waals surface area contributed by atoms with Gasteiger partial charge in [0.1, 0.15) is 12.0 Å². The Kier molecular flexibility index (Phi) is 11.1. The lowest BCUT2D eigenvalue weighted by Gasteiger charge is -2.54. The van der Waals surface area contributed by atoms with Gasteiger partial charge in [-0.15, -0.1) is 0 Å². The zero-order valence-corrected chi connectivity index (χ0v) is 29.9. The van der Waals surface area contributed by atoms with E-state index >= 15 is 4.39 Å². The first-order chi connectivity index (χ1) is 24.3. The number of piperidine rings is 2. The molecule has 5 aliphatic rings. The predicted octanol–water partition coefficient (Wildman–Crippen LogP) is 6.40. The number of hydrogen-bond donors (Lipinski definition) is 0. The van der Waals surface area contributed by atoms with Crippen molar-refractivity contribution in [1.82, 2.24) is 14.7 Å². The van der Waals surface area contributed by atoms with E-state index in [0.29, 0.717) is 49.1 Å². The molecule has 4 aliphatic heterocycles. The second-order valence-electron chi connectivity index (χ2n) is 16.0. The van der Waals surface area contributed by atoms with Gasteiger partial charge in [0.25, 0.3) is 0 Å². The zero-order valence-electron chi connectivity index (χ0n) is 29.9. The van der Waals surface area contributed by atoms with Crippen molar-refractivity contribution in [1.29, 1.82) is 5.26 Å². The highest BCUT2D eigenvalue weighted by atomic mass is 19.1.